The minimum atomic E-state index is -3.01. The van der Waals surface area contributed by atoms with Crippen molar-refractivity contribution in [1.29, 1.82) is 5.26 Å². The Labute approximate surface area is 148 Å². The van der Waals surface area contributed by atoms with Crippen molar-refractivity contribution in [3.05, 3.63) is 58.9 Å². The van der Waals surface area contributed by atoms with Crippen molar-refractivity contribution in [2.75, 3.05) is 12.0 Å². The van der Waals surface area contributed by atoms with Crippen molar-refractivity contribution >= 4 is 21.7 Å². The fourth-order valence-corrected chi connectivity index (χ4v) is 3.19. The van der Waals surface area contributed by atoms with Crippen LogP contribution in [0.1, 0.15) is 40.7 Å². The smallest absolute Gasteiger partial charge is 0.161 e. The van der Waals surface area contributed by atoms with Gasteiger partial charge in [0.1, 0.15) is 9.84 Å². The first-order chi connectivity index (χ1) is 11.7. The highest BCUT2D eigenvalue weighted by Gasteiger charge is 2.14. The number of Topliss-reactive ketones (excluding diaryl/α,β-unsaturated/α-hetero) is 1. The highest BCUT2D eigenvalue weighted by molar-refractivity contribution is 7.90. The van der Waals surface area contributed by atoms with E-state index < -0.39 is 9.84 Å². The summed E-state index contributed by atoms with van der Waals surface area (Å²) in [5.74, 6) is 0.0512. The molecule has 1 aromatic heterocycles. The molecule has 1 heterocycles. The molecule has 0 aliphatic rings. The second-order valence-electron chi connectivity index (χ2n) is 5.94. The van der Waals surface area contributed by atoms with E-state index in [1.54, 1.807) is 24.3 Å². The molecule has 0 bridgehead atoms. The second-order valence-corrected chi connectivity index (χ2v) is 8.20. The average molecular weight is 356 g/mol. The summed E-state index contributed by atoms with van der Waals surface area (Å²) in [5.41, 5.74) is 3.62. The number of rotatable bonds is 6. The van der Waals surface area contributed by atoms with E-state index >= 15 is 0 Å². The van der Waals surface area contributed by atoms with Gasteiger partial charge in [0.25, 0.3) is 0 Å². The molecule has 0 amide bonds. The lowest BCUT2D eigenvalue weighted by atomic mass is 10.2. The van der Waals surface area contributed by atoms with Crippen molar-refractivity contribution in [1.82, 2.24) is 4.57 Å². The Morgan fingerprint density at radius 1 is 1.28 bits per heavy atom. The number of hydrogen-bond acceptors (Lipinski definition) is 4. The van der Waals surface area contributed by atoms with Crippen LogP contribution in [0.3, 0.4) is 0 Å². The minimum absolute atomic E-state index is 0.0318. The van der Waals surface area contributed by atoms with Gasteiger partial charge in [0.05, 0.1) is 17.4 Å². The average Bonchev–Trinajstić information content (AvgIpc) is 2.87. The molecule has 0 N–H and O–H groups in total. The molecule has 0 radical (unpaired) electrons. The molecule has 0 aliphatic carbocycles. The molecule has 0 spiro atoms. The highest BCUT2D eigenvalue weighted by Crippen LogP contribution is 2.23. The highest BCUT2D eigenvalue weighted by atomic mass is 32.2. The molecule has 0 aliphatic heterocycles. The largest absolute Gasteiger partial charge is 0.314 e. The van der Waals surface area contributed by atoms with Crippen LogP contribution in [-0.2, 0) is 9.84 Å². The van der Waals surface area contributed by atoms with Crippen LogP contribution in [0, 0.1) is 18.3 Å². The van der Waals surface area contributed by atoms with Crippen LogP contribution < -0.4 is 0 Å². The van der Waals surface area contributed by atoms with Gasteiger partial charge in [0.15, 0.2) is 5.78 Å². The summed E-state index contributed by atoms with van der Waals surface area (Å²) in [6.45, 7) is 3.38. The third kappa shape index (κ3) is 4.68. The summed E-state index contributed by atoms with van der Waals surface area (Å²) in [6.07, 6.45) is 5.23. The molecule has 6 heteroatoms. The lowest BCUT2D eigenvalue weighted by molar-refractivity contribution is 0.101. The molecule has 0 unspecified atom stereocenters. The summed E-state index contributed by atoms with van der Waals surface area (Å²) in [4.78, 5) is 11.9. The Morgan fingerprint density at radius 3 is 2.44 bits per heavy atom. The maximum Gasteiger partial charge on any atom is 0.161 e. The minimum Gasteiger partial charge on any atom is -0.314 e. The molecule has 0 atom stereocenters. The number of sulfone groups is 1. The SMILES string of the molecule is CC(=O)c1cc(C=CCCS(C)(=O)=O)n(-c2ccc(C#N)cc2)c1C. The molecule has 130 valence electrons. The molecule has 0 saturated heterocycles. The lowest BCUT2D eigenvalue weighted by Crippen LogP contribution is -2.02. The number of aromatic nitrogens is 1. The van der Waals surface area contributed by atoms with E-state index in [9.17, 15) is 13.2 Å². The first kappa shape index (κ1) is 18.7. The second kappa shape index (κ2) is 7.49. The van der Waals surface area contributed by atoms with Gasteiger partial charge in [-0.1, -0.05) is 6.08 Å². The summed E-state index contributed by atoms with van der Waals surface area (Å²) in [7, 11) is -3.01. The van der Waals surface area contributed by atoms with E-state index in [4.69, 9.17) is 5.26 Å². The monoisotopic (exact) mass is 356 g/mol. The molecule has 5 nitrogen and oxygen atoms in total. The first-order valence-corrected chi connectivity index (χ1v) is 9.87. The molecule has 0 fully saturated rings. The van der Waals surface area contributed by atoms with Gasteiger partial charge < -0.3 is 4.57 Å². The maximum absolute atomic E-state index is 11.9. The Balaban J connectivity index is 2.44. The van der Waals surface area contributed by atoms with Crippen LogP contribution in [-0.4, -0.2) is 30.8 Å². The van der Waals surface area contributed by atoms with Crippen LogP contribution in [0.5, 0.6) is 0 Å². The quantitative estimate of drug-likeness (QED) is 0.744. The van der Waals surface area contributed by atoms with Crippen molar-refractivity contribution in [3.63, 3.8) is 0 Å². The van der Waals surface area contributed by atoms with Crippen LogP contribution in [0.15, 0.2) is 36.4 Å². The van der Waals surface area contributed by atoms with Crippen molar-refractivity contribution < 1.29 is 13.2 Å². The van der Waals surface area contributed by atoms with Crippen LogP contribution >= 0.6 is 0 Å². The van der Waals surface area contributed by atoms with Gasteiger partial charge in [-0.3, -0.25) is 4.79 Å². The summed E-state index contributed by atoms with van der Waals surface area (Å²) in [5, 5.41) is 8.93. The third-order valence-corrected chi connectivity index (χ3v) is 4.83. The summed E-state index contributed by atoms with van der Waals surface area (Å²) in [6, 6.07) is 11.0. The third-order valence-electron chi connectivity index (χ3n) is 3.85. The van der Waals surface area contributed by atoms with E-state index in [0.29, 0.717) is 17.5 Å². The number of carbonyl (C=O) groups is 1. The number of ketones is 1. The Bertz CT molecular complexity index is 959. The van der Waals surface area contributed by atoms with E-state index in [0.717, 1.165) is 17.1 Å². The van der Waals surface area contributed by atoms with Gasteiger partial charge in [-0.15, -0.1) is 0 Å². The van der Waals surface area contributed by atoms with Gasteiger partial charge >= 0.3 is 0 Å². The van der Waals surface area contributed by atoms with Gasteiger partial charge in [-0.05, 0) is 56.7 Å². The molecular weight excluding hydrogens is 336 g/mol. The number of allylic oxidation sites excluding steroid dienone is 1. The first-order valence-electron chi connectivity index (χ1n) is 7.81. The Hall–Kier alpha value is -2.65. The van der Waals surface area contributed by atoms with Crippen LogP contribution in [0.2, 0.25) is 0 Å². The molecule has 2 aromatic rings. The number of nitriles is 1. The molecule has 25 heavy (non-hydrogen) atoms. The number of carbonyl (C=O) groups excluding carboxylic acids is 1. The zero-order chi connectivity index (χ0) is 18.6. The number of hydrogen-bond donors (Lipinski definition) is 0. The fourth-order valence-electron chi connectivity index (χ4n) is 2.62. The maximum atomic E-state index is 11.9. The van der Waals surface area contributed by atoms with E-state index in [2.05, 4.69) is 6.07 Å². The van der Waals surface area contributed by atoms with Gasteiger partial charge in [-0.2, -0.15) is 5.26 Å². The normalized spacial score (nSPS) is 11.6. The van der Waals surface area contributed by atoms with E-state index in [1.165, 1.54) is 13.2 Å². The Morgan fingerprint density at radius 2 is 1.92 bits per heavy atom. The summed E-state index contributed by atoms with van der Waals surface area (Å²) >= 11 is 0. The van der Waals surface area contributed by atoms with E-state index in [-0.39, 0.29) is 11.5 Å². The van der Waals surface area contributed by atoms with Crippen LogP contribution in [0.4, 0.5) is 0 Å². The number of nitrogens with zero attached hydrogens (tertiary/aromatic N) is 2. The zero-order valence-electron chi connectivity index (χ0n) is 14.5. The zero-order valence-corrected chi connectivity index (χ0v) is 15.3. The molecule has 1 aromatic carbocycles. The van der Waals surface area contributed by atoms with Gasteiger partial charge in [0.2, 0.25) is 0 Å². The predicted octanol–water partition coefficient (Wildman–Crippen LogP) is 3.31. The summed E-state index contributed by atoms with van der Waals surface area (Å²) < 4.78 is 24.4. The standard InChI is InChI=1S/C19H20N2O3S/c1-14-19(15(2)22)12-18(6-4-5-11-25(3,23)24)21(14)17-9-7-16(13-20)8-10-17/h4,6-10,12H,5,11H2,1-3H3. The van der Waals surface area contributed by atoms with Crippen molar-refractivity contribution in [3.8, 4) is 11.8 Å². The van der Waals surface area contributed by atoms with Gasteiger partial charge in [0, 0.05) is 28.9 Å². The fraction of sp³-hybridized carbons (Fsp3) is 0.263. The lowest BCUT2D eigenvalue weighted by Gasteiger charge is -2.10. The van der Waals surface area contributed by atoms with Crippen molar-refractivity contribution in [2.24, 2.45) is 0 Å². The number of benzene rings is 1. The Kier molecular flexibility index (Phi) is 5.60. The molecule has 2 rings (SSSR count). The predicted molar refractivity (Wildman–Crippen MR) is 98.6 cm³/mol. The molecular formula is C19H20N2O3S. The molecule has 0 saturated carbocycles. The van der Waals surface area contributed by atoms with Crippen molar-refractivity contribution in [2.45, 2.75) is 20.3 Å². The topological polar surface area (TPSA) is 79.9 Å². The van der Waals surface area contributed by atoms with Crippen LogP contribution in [0.25, 0.3) is 11.8 Å². The van der Waals surface area contributed by atoms with Gasteiger partial charge in [-0.25, -0.2) is 8.42 Å². The van der Waals surface area contributed by atoms with E-state index in [1.807, 2.05) is 29.7 Å².